The zero-order valence-electron chi connectivity index (χ0n) is 6.92. The van der Waals surface area contributed by atoms with Gasteiger partial charge in [-0.25, -0.2) is 0 Å². The maximum absolute atomic E-state index is 11.3. The Morgan fingerprint density at radius 3 is 3.08 bits per heavy atom. The summed E-state index contributed by atoms with van der Waals surface area (Å²) in [5.74, 6) is -0.104. The van der Waals surface area contributed by atoms with Crippen molar-refractivity contribution in [1.29, 1.82) is 0 Å². The largest absolute Gasteiger partial charge is 0.292 e. The highest BCUT2D eigenvalue weighted by molar-refractivity contribution is 5.94. The van der Waals surface area contributed by atoms with E-state index in [1.165, 1.54) is 0 Å². The maximum atomic E-state index is 11.3. The first-order chi connectivity index (χ1) is 6.34. The molecule has 0 aliphatic heterocycles. The van der Waals surface area contributed by atoms with Crippen molar-refractivity contribution in [2.45, 2.75) is 6.42 Å². The van der Waals surface area contributed by atoms with Crippen LogP contribution < -0.4 is 0 Å². The summed E-state index contributed by atoms with van der Waals surface area (Å²) in [4.78, 5) is 17.7. The molecular weight excluding hydrogens is 168 g/mol. The van der Waals surface area contributed by atoms with E-state index in [1.807, 2.05) is 0 Å². The number of ketones is 1. The molecule has 5 heteroatoms. The van der Waals surface area contributed by atoms with Crippen LogP contribution in [0.3, 0.4) is 0 Å². The first-order valence-corrected chi connectivity index (χ1v) is 3.79. The third-order valence-electron chi connectivity index (χ3n) is 1.45. The molecule has 0 aliphatic carbocycles. The van der Waals surface area contributed by atoms with Gasteiger partial charge < -0.3 is 0 Å². The van der Waals surface area contributed by atoms with Crippen molar-refractivity contribution in [3.05, 3.63) is 40.5 Å². The van der Waals surface area contributed by atoms with Gasteiger partial charge >= 0.3 is 0 Å². The molecule has 66 valence electrons. The Kier molecular flexibility index (Phi) is 3.47. The van der Waals surface area contributed by atoms with E-state index in [4.69, 9.17) is 5.53 Å². The summed E-state index contributed by atoms with van der Waals surface area (Å²) in [6.07, 6.45) is 1.77. The molecule has 0 saturated heterocycles. The van der Waals surface area contributed by atoms with Gasteiger partial charge in [0.05, 0.1) is 0 Å². The monoisotopic (exact) mass is 176 g/mol. The highest BCUT2D eigenvalue weighted by Crippen LogP contribution is 1.98. The van der Waals surface area contributed by atoms with Crippen LogP contribution in [0.15, 0.2) is 29.5 Å². The lowest BCUT2D eigenvalue weighted by molar-refractivity contribution is 0.0980. The fourth-order valence-electron chi connectivity index (χ4n) is 0.852. The number of rotatable bonds is 4. The lowest BCUT2D eigenvalue weighted by atomic mass is 10.2. The number of hydrogen-bond donors (Lipinski definition) is 0. The minimum absolute atomic E-state index is 0.104. The van der Waals surface area contributed by atoms with Crippen molar-refractivity contribution >= 4 is 5.78 Å². The quantitative estimate of drug-likeness (QED) is 0.304. The van der Waals surface area contributed by atoms with E-state index in [1.54, 1.807) is 24.4 Å². The zero-order chi connectivity index (χ0) is 9.52. The van der Waals surface area contributed by atoms with E-state index in [0.717, 1.165) is 0 Å². The molecule has 1 aromatic heterocycles. The Bertz CT molecular complexity index is 329. The summed E-state index contributed by atoms with van der Waals surface area (Å²) < 4.78 is 0. The van der Waals surface area contributed by atoms with Crippen LogP contribution in [0.2, 0.25) is 0 Å². The van der Waals surface area contributed by atoms with E-state index < -0.39 is 0 Å². The fraction of sp³-hybridized carbons (Fsp3) is 0.250. The molecule has 0 atom stereocenters. The van der Waals surface area contributed by atoms with Crippen LogP contribution in [0.1, 0.15) is 16.9 Å². The molecule has 0 fully saturated rings. The Morgan fingerprint density at radius 1 is 1.62 bits per heavy atom. The number of carbonyl (C=O) groups excluding carboxylic acids is 1. The van der Waals surface area contributed by atoms with E-state index in [9.17, 15) is 4.79 Å². The van der Waals surface area contributed by atoms with Crippen molar-refractivity contribution in [1.82, 2.24) is 4.98 Å². The van der Waals surface area contributed by atoms with Gasteiger partial charge in [-0.3, -0.25) is 9.78 Å². The molecule has 1 heterocycles. The van der Waals surface area contributed by atoms with Gasteiger partial charge in [0.15, 0.2) is 5.78 Å². The Morgan fingerprint density at radius 2 is 2.46 bits per heavy atom. The topological polar surface area (TPSA) is 78.7 Å². The Labute approximate surface area is 75.0 Å². The van der Waals surface area contributed by atoms with Gasteiger partial charge in [0, 0.05) is 24.1 Å². The molecule has 0 N–H and O–H groups in total. The predicted octanol–water partition coefficient (Wildman–Crippen LogP) is 1.96. The molecule has 5 nitrogen and oxygen atoms in total. The summed E-state index contributed by atoms with van der Waals surface area (Å²) in [5.41, 5.74) is 8.39. The molecule has 0 spiro atoms. The average molecular weight is 176 g/mol. The lowest BCUT2D eigenvalue weighted by Gasteiger charge is -1.95. The highest BCUT2D eigenvalue weighted by Gasteiger charge is 2.04. The number of carbonyl (C=O) groups is 1. The van der Waals surface area contributed by atoms with E-state index >= 15 is 0 Å². The second kappa shape index (κ2) is 4.90. The van der Waals surface area contributed by atoms with Crippen molar-refractivity contribution < 1.29 is 4.79 Å². The number of azide groups is 1. The van der Waals surface area contributed by atoms with Crippen LogP contribution in [0.4, 0.5) is 0 Å². The minimum atomic E-state index is -0.104. The molecule has 0 unspecified atom stereocenters. The number of pyridine rings is 1. The third-order valence-corrected chi connectivity index (χ3v) is 1.45. The molecule has 0 saturated carbocycles. The molecule has 13 heavy (non-hydrogen) atoms. The normalized spacial score (nSPS) is 8.92. The summed E-state index contributed by atoms with van der Waals surface area (Å²) >= 11 is 0. The van der Waals surface area contributed by atoms with Gasteiger partial charge in [-0.1, -0.05) is 11.2 Å². The van der Waals surface area contributed by atoms with Crippen LogP contribution >= 0.6 is 0 Å². The summed E-state index contributed by atoms with van der Waals surface area (Å²) in [7, 11) is 0. The predicted molar refractivity (Wildman–Crippen MR) is 47.2 cm³/mol. The summed E-state index contributed by atoms with van der Waals surface area (Å²) in [5, 5.41) is 3.27. The second-order valence-electron chi connectivity index (χ2n) is 2.34. The van der Waals surface area contributed by atoms with Crippen molar-refractivity contribution in [2.24, 2.45) is 5.11 Å². The lowest BCUT2D eigenvalue weighted by Crippen LogP contribution is -2.02. The summed E-state index contributed by atoms with van der Waals surface area (Å²) in [6, 6.07) is 5.12. The van der Waals surface area contributed by atoms with Gasteiger partial charge in [-0.15, -0.1) is 0 Å². The molecule has 1 aromatic rings. The highest BCUT2D eigenvalue weighted by atomic mass is 16.1. The third kappa shape index (κ3) is 2.92. The Hall–Kier alpha value is -1.87. The molecule has 0 aromatic carbocycles. The van der Waals surface area contributed by atoms with Crippen LogP contribution in [0.25, 0.3) is 10.4 Å². The minimum Gasteiger partial charge on any atom is -0.292 e. The van der Waals surface area contributed by atoms with E-state index in [2.05, 4.69) is 15.0 Å². The van der Waals surface area contributed by atoms with Crippen molar-refractivity contribution in [3.63, 3.8) is 0 Å². The number of aromatic nitrogens is 1. The van der Waals surface area contributed by atoms with Crippen LogP contribution in [0.5, 0.6) is 0 Å². The first kappa shape index (κ1) is 9.22. The van der Waals surface area contributed by atoms with Gasteiger partial charge in [-0.05, 0) is 17.7 Å². The maximum Gasteiger partial charge on any atom is 0.181 e. The van der Waals surface area contributed by atoms with Crippen molar-refractivity contribution in [3.8, 4) is 0 Å². The molecular formula is C8H8N4O. The van der Waals surface area contributed by atoms with Crippen LogP contribution in [-0.4, -0.2) is 17.3 Å². The van der Waals surface area contributed by atoms with Gasteiger partial charge in [0.25, 0.3) is 0 Å². The first-order valence-electron chi connectivity index (χ1n) is 3.79. The van der Waals surface area contributed by atoms with Gasteiger partial charge in [-0.2, -0.15) is 0 Å². The standard InChI is InChI=1S/C8H8N4O/c9-12-11-6-4-8(13)7-3-1-2-5-10-7/h1-3,5H,4,6H2. The average Bonchev–Trinajstić information content (AvgIpc) is 2.19. The fourth-order valence-corrected chi connectivity index (χ4v) is 0.852. The van der Waals surface area contributed by atoms with Crippen LogP contribution in [-0.2, 0) is 0 Å². The molecule has 0 radical (unpaired) electrons. The number of hydrogen-bond acceptors (Lipinski definition) is 3. The molecule has 0 bridgehead atoms. The molecule has 0 aliphatic rings. The van der Waals surface area contributed by atoms with E-state index in [-0.39, 0.29) is 18.7 Å². The molecule has 0 amide bonds. The van der Waals surface area contributed by atoms with Gasteiger partial charge in [0.2, 0.25) is 0 Å². The molecule has 1 rings (SSSR count). The Balaban J connectivity index is 2.54. The summed E-state index contributed by atoms with van der Waals surface area (Å²) in [6.45, 7) is 0.186. The second-order valence-corrected chi connectivity index (χ2v) is 2.34. The SMILES string of the molecule is [N-]=[N+]=NCCC(=O)c1ccccn1. The van der Waals surface area contributed by atoms with E-state index in [0.29, 0.717) is 5.69 Å². The number of Topliss-reactive ketones (excluding diaryl/α,β-unsaturated/α-hetero) is 1. The van der Waals surface area contributed by atoms with Gasteiger partial charge in [0.1, 0.15) is 5.69 Å². The smallest absolute Gasteiger partial charge is 0.181 e. The number of nitrogens with zero attached hydrogens (tertiary/aromatic N) is 4. The van der Waals surface area contributed by atoms with Crippen molar-refractivity contribution in [2.75, 3.05) is 6.54 Å². The van der Waals surface area contributed by atoms with Crippen LogP contribution in [0, 0.1) is 0 Å². The zero-order valence-corrected chi connectivity index (χ0v) is 6.92.